The van der Waals surface area contributed by atoms with Crippen molar-refractivity contribution in [2.45, 2.75) is 20.8 Å². The van der Waals surface area contributed by atoms with Gasteiger partial charge in [0.25, 0.3) is 0 Å². The molecule has 0 saturated carbocycles. The second-order valence-electron chi connectivity index (χ2n) is 3.52. The van der Waals surface area contributed by atoms with E-state index in [0.29, 0.717) is 16.0 Å². The van der Waals surface area contributed by atoms with Crippen molar-refractivity contribution in [1.82, 2.24) is 19.7 Å². The van der Waals surface area contributed by atoms with Crippen molar-refractivity contribution >= 4 is 23.2 Å². The molecule has 0 spiro atoms. The van der Waals surface area contributed by atoms with Gasteiger partial charge in [-0.25, -0.2) is 14.6 Å². The first-order valence-electron chi connectivity index (χ1n) is 4.72. The predicted molar refractivity (Wildman–Crippen MR) is 63.4 cm³/mol. The maximum atomic E-state index is 6.02. The van der Waals surface area contributed by atoms with Gasteiger partial charge in [-0.15, -0.1) is 0 Å². The Morgan fingerprint density at radius 1 is 1.00 bits per heavy atom. The van der Waals surface area contributed by atoms with Crippen LogP contribution in [0.15, 0.2) is 6.20 Å². The van der Waals surface area contributed by atoms with E-state index in [1.165, 1.54) is 0 Å². The smallest absolute Gasteiger partial charge is 0.191 e. The van der Waals surface area contributed by atoms with Gasteiger partial charge in [-0.3, -0.25) is 0 Å². The van der Waals surface area contributed by atoms with Gasteiger partial charge in [0.2, 0.25) is 0 Å². The summed E-state index contributed by atoms with van der Waals surface area (Å²) in [5, 5.41) is 5.11. The molecule has 2 rings (SSSR count). The molecule has 0 aromatic carbocycles. The zero-order chi connectivity index (χ0) is 11.9. The molecule has 6 heteroatoms. The molecule has 0 atom stereocenters. The van der Waals surface area contributed by atoms with E-state index in [2.05, 4.69) is 15.1 Å². The first-order valence-corrected chi connectivity index (χ1v) is 5.47. The molecule has 0 aliphatic heterocycles. The van der Waals surface area contributed by atoms with Gasteiger partial charge < -0.3 is 0 Å². The maximum absolute atomic E-state index is 6.02. The van der Waals surface area contributed by atoms with Crippen LogP contribution < -0.4 is 0 Å². The molecule has 84 valence electrons. The maximum Gasteiger partial charge on any atom is 0.191 e. The third kappa shape index (κ3) is 1.90. The fourth-order valence-electron chi connectivity index (χ4n) is 1.26. The Hall–Kier alpha value is -1.13. The highest BCUT2D eigenvalue weighted by Crippen LogP contribution is 2.20. The number of halogens is 2. The molecule has 0 amide bonds. The summed E-state index contributed by atoms with van der Waals surface area (Å²) in [4.78, 5) is 8.53. The van der Waals surface area contributed by atoms with Crippen LogP contribution in [0.2, 0.25) is 10.2 Å². The quantitative estimate of drug-likeness (QED) is 0.788. The van der Waals surface area contributed by atoms with E-state index in [-0.39, 0.29) is 0 Å². The minimum absolute atomic E-state index is 0.322. The summed E-state index contributed by atoms with van der Waals surface area (Å²) < 4.78 is 1.54. The van der Waals surface area contributed by atoms with E-state index in [9.17, 15) is 0 Å². The van der Waals surface area contributed by atoms with E-state index in [0.717, 1.165) is 17.1 Å². The highest BCUT2D eigenvalue weighted by atomic mass is 35.5. The van der Waals surface area contributed by atoms with Crippen LogP contribution in [-0.4, -0.2) is 19.7 Å². The Labute approximate surface area is 103 Å². The normalized spacial score (nSPS) is 10.8. The van der Waals surface area contributed by atoms with Crippen molar-refractivity contribution in [3.8, 4) is 5.82 Å². The lowest BCUT2D eigenvalue weighted by atomic mass is 10.3. The number of aromatic nitrogens is 4. The first-order chi connectivity index (χ1) is 7.49. The van der Waals surface area contributed by atoms with Crippen molar-refractivity contribution in [3.63, 3.8) is 0 Å². The van der Waals surface area contributed by atoms with Crippen LogP contribution in [-0.2, 0) is 0 Å². The Morgan fingerprint density at radius 3 is 2.19 bits per heavy atom. The van der Waals surface area contributed by atoms with Crippen LogP contribution in [0.1, 0.15) is 17.1 Å². The second-order valence-corrected chi connectivity index (χ2v) is 4.28. The van der Waals surface area contributed by atoms with Gasteiger partial charge in [0.15, 0.2) is 11.0 Å². The molecule has 0 aliphatic rings. The standard InChI is InChI=1S/C10H10Cl2N4/c1-5-6(2)14-10(9(12)13-5)16-4-8(11)7(3)15-16/h4H,1-3H3. The highest BCUT2D eigenvalue weighted by Gasteiger charge is 2.11. The Balaban J connectivity index is 2.60. The Kier molecular flexibility index (Phi) is 2.86. The topological polar surface area (TPSA) is 43.6 Å². The molecule has 4 nitrogen and oxygen atoms in total. The van der Waals surface area contributed by atoms with Crippen LogP contribution >= 0.6 is 23.2 Å². The average Bonchev–Trinajstić information content (AvgIpc) is 2.53. The lowest BCUT2D eigenvalue weighted by molar-refractivity contribution is 0.813. The van der Waals surface area contributed by atoms with Gasteiger partial charge in [-0.1, -0.05) is 23.2 Å². The predicted octanol–water partition coefficient (Wildman–Crippen LogP) is 2.89. The molecule has 16 heavy (non-hydrogen) atoms. The molecule has 2 aromatic rings. The lowest BCUT2D eigenvalue weighted by Gasteiger charge is -2.05. The van der Waals surface area contributed by atoms with Crippen molar-refractivity contribution in [2.75, 3.05) is 0 Å². The van der Waals surface area contributed by atoms with E-state index < -0.39 is 0 Å². The van der Waals surface area contributed by atoms with Gasteiger partial charge in [0, 0.05) is 0 Å². The van der Waals surface area contributed by atoms with Crippen LogP contribution in [0.4, 0.5) is 0 Å². The molecule has 0 unspecified atom stereocenters. The largest absolute Gasteiger partial charge is 0.236 e. The molecule has 0 N–H and O–H groups in total. The van der Waals surface area contributed by atoms with Crippen LogP contribution in [0.5, 0.6) is 0 Å². The molecule has 2 aromatic heterocycles. The first kappa shape index (κ1) is 11.4. The Morgan fingerprint density at radius 2 is 1.62 bits per heavy atom. The minimum Gasteiger partial charge on any atom is -0.236 e. The van der Waals surface area contributed by atoms with Gasteiger partial charge in [0.1, 0.15) is 0 Å². The van der Waals surface area contributed by atoms with E-state index in [1.54, 1.807) is 10.9 Å². The van der Waals surface area contributed by atoms with Gasteiger partial charge in [-0.2, -0.15) is 5.10 Å². The second kappa shape index (κ2) is 4.03. The van der Waals surface area contributed by atoms with Crippen molar-refractivity contribution < 1.29 is 0 Å². The zero-order valence-corrected chi connectivity index (χ0v) is 10.6. The van der Waals surface area contributed by atoms with Crippen LogP contribution in [0.3, 0.4) is 0 Å². The molecular formula is C10H10Cl2N4. The SMILES string of the molecule is Cc1nn(-c2nc(C)c(C)nc2Cl)cc1Cl. The van der Waals surface area contributed by atoms with Crippen molar-refractivity contribution in [2.24, 2.45) is 0 Å². The minimum atomic E-state index is 0.322. The molecular weight excluding hydrogens is 247 g/mol. The zero-order valence-electron chi connectivity index (χ0n) is 9.12. The summed E-state index contributed by atoms with van der Waals surface area (Å²) >= 11 is 11.9. The van der Waals surface area contributed by atoms with E-state index >= 15 is 0 Å². The fourth-order valence-corrected chi connectivity index (χ4v) is 1.64. The summed E-state index contributed by atoms with van der Waals surface area (Å²) in [6.07, 6.45) is 1.67. The molecule has 2 heterocycles. The number of aryl methyl sites for hydroxylation is 3. The molecule has 0 aliphatic carbocycles. The van der Waals surface area contributed by atoms with Crippen molar-refractivity contribution in [1.29, 1.82) is 0 Å². The molecule has 0 bridgehead atoms. The van der Waals surface area contributed by atoms with Crippen LogP contribution in [0, 0.1) is 20.8 Å². The number of nitrogens with zero attached hydrogens (tertiary/aromatic N) is 4. The third-order valence-corrected chi connectivity index (χ3v) is 2.93. The third-order valence-electron chi connectivity index (χ3n) is 2.30. The average molecular weight is 257 g/mol. The summed E-state index contributed by atoms with van der Waals surface area (Å²) in [7, 11) is 0. The monoisotopic (exact) mass is 256 g/mol. The number of hydrogen-bond acceptors (Lipinski definition) is 3. The van der Waals surface area contributed by atoms with Crippen LogP contribution in [0.25, 0.3) is 5.82 Å². The van der Waals surface area contributed by atoms with Gasteiger partial charge in [-0.05, 0) is 20.8 Å². The summed E-state index contributed by atoms with van der Waals surface area (Å²) in [6.45, 7) is 5.56. The molecule has 0 radical (unpaired) electrons. The van der Waals surface area contributed by atoms with Gasteiger partial charge >= 0.3 is 0 Å². The number of rotatable bonds is 1. The molecule has 0 saturated heterocycles. The summed E-state index contributed by atoms with van der Waals surface area (Å²) in [5.74, 6) is 0.500. The summed E-state index contributed by atoms with van der Waals surface area (Å²) in [5.41, 5.74) is 2.37. The lowest BCUT2D eigenvalue weighted by Crippen LogP contribution is -2.04. The van der Waals surface area contributed by atoms with E-state index in [4.69, 9.17) is 23.2 Å². The Bertz CT molecular complexity index is 528. The number of hydrogen-bond donors (Lipinski definition) is 0. The molecule has 0 fully saturated rings. The van der Waals surface area contributed by atoms with Crippen molar-refractivity contribution in [3.05, 3.63) is 33.5 Å². The van der Waals surface area contributed by atoms with Gasteiger partial charge in [0.05, 0.1) is 28.3 Å². The summed E-state index contributed by atoms with van der Waals surface area (Å²) in [6, 6.07) is 0. The fraction of sp³-hybridized carbons (Fsp3) is 0.300. The highest BCUT2D eigenvalue weighted by molar-refractivity contribution is 6.31. The van der Waals surface area contributed by atoms with E-state index in [1.807, 2.05) is 20.8 Å².